The van der Waals surface area contributed by atoms with Crippen molar-refractivity contribution in [3.63, 3.8) is 0 Å². The molecule has 114 valence electrons. The number of hydrogen-bond donors (Lipinski definition) is 1. The van der Waals surface area contributed by atoms with Gasteiger partial charge in [-0.15, -0.1) is 0 Å². The average molecular weight is 451 g/mol. The first kappa shape index (κ1) is 22.4. The Morgan fingerprint density at radius 1 is 1.10 bits per heavy atom. The summed E-state index contributed by atoms with van der Waals surface area (Å²) in [6.45, 7) is 14.2. The van der Waals surface area contributed by atoms with Crippen LogP contribution in [0.5, 0.6) is 0 Å². The summed E-state index contributed by atoms with van der Waals surface area (Å²) in [4.78, 5) is 23.3. The summed E-state index contributed by atoms with van der Waals surface area (Å²) in [5, 5.41) is 2.45. The van der Waals surface area contributed by atoms with E-state index in [4.69, 9.17) is 9.47 Å². The molecule has 0 fully saturated rings. The van der Waals surface area contributed by atoms with E-state index in [-0.39, 0.29) is 6.42 Å². The minimum absolute atomic E-state index is 0.203. The Labute approximate surface area is 142 Å². The predicted octanol–water partition coefficient (Wildman–Crippen LogP) is 3.33. The maximum absolute atomic E-state index is 11.8. The van der Waals surface area contributed by atoms with E-state index >= 15 is 0 Å². The van der Waals surface area contributed by atoms with E-state index in [1.165, 1.54) is 14.8 Å². The van der Waals surface area contributed by atoms with Gasteiger partial charge in [-0.05, 0) is 41.5 Å². The number of nitrogens with one attached hydrogen (secondary N) is 1. The molecule has 5 nitrogen and oxygen atoms in total. The molecule has 1 atom stereocenters. The van der Waals surface area contributed by atoms with Crippen molar-refractivity contribution >= 4 is 31.8 Å². The van der Waals surface area contributed by atoms with Gasteiger partial charge in [0.1, 0.15) is 17.2 Å². The van der Waals surface area contributed by atoms with Crippen LogP contribution < -0.4 is 5.32 Å². The zero-order chi connectivity index (χ0) is 16.6. The topological polar surface area (TPSA) is 64.6 Å². The van der Waals surface area contributed by atoms with Gasteiger partial charge in [0.15, 0.2) is 0 Å². The van der Waals surface area contributed by atoms with Gasteiger partial charge >= 0.3 is 46.6 Å². The molecule has 1 amide bonds. The first-order valence-electron chi connectivity index (χ1n) is 6.23. The molecule has 0 unspecified atom stereocenters. The molecule has 0 spiro atoms. The van der Waals surface area contributed by atoms with Crippen molar-refractivity contribution in [2.24, 2.45) is 0 Å². The first-order valence-corrected chi connectivity index (χ1v) is 15.3. The fourth-order valence-electron chi connectivity index (χ4n) is 1.07. The maximum atomic E-state index is 11.8. The molecular weight excluding hydrogens is 426 g/mol. The third kappa shape index (κ3) is 13.1. The van der Waals surface area contributed by atoms with E-state index in [9.17, 15) is 9.59 Å². The number of hydrogen-bond acceptors (Lipinski definition) is 4. The van der Waals surface area contributed by atoms with Crippen LogP contribution in [0.25, 0.3) is 0 Å². The summed E-state index contributed by atoms with van der Waals surface area (Å²) in [6, 6.07) is -0.793. The van der Waals surface area contributed by atoms with E-state index in [1.807, 2.05) is 0 Å². The number of rotatable bonds is 3. The molecule has 7 heteroatoms. The molecule has 0 aromatic heterocycles. The van der Waals surface area contributed by atoms with Crippen molar-refractivity contribution in [3.8, 4) is 0 Å². The molecule has 0 aromatic carbocycles. The average Bonchev–Trinajstić information content (AvgIpc) is 2.23. The van der Waals surface area contributed by atoms with Crippen molar-refractivity contribution in [1.82, 2.24) is 5.32 Å². The number of esters is 1. The molecule has 1 N–H and O–H groups in total. The number of ether oxygens (including phenoxy) is 2. The Morgan fingerprint density at radius 2 is 1.50 bits per heavy atom. The zero-order valence-electron chi connectivity index (χ0n) is 13.2. The summed E-state index contributed by atoms with van der Waals surface area (Å²) < 4.78 is 10.2. The molecule has 0 aliphatic rings. The Kier molecular flexibility index (Phi) is 11.1. The van der Waals surface area contributed by atoms with Crippen molar-refractivity contribution < 1.29 is 33.9 Å². The number of amides is 1. The van der Waals surface area contributed by atoms with E-state index in [2.05, 4.69) is 32.0 Å². The Morgan fingerprint density at radius 3 is 1.80 bits per heavy atom. The quantitative estimate of drug-likeness (QED) is 0.310. The molecule has 0 aromatic rings. The van der Waals surface area contributed by atoms with Crippen LogP contribution in [-0.4, -0.2) is 29.3 Å². The van der Waals surface area contributed by atoms with Crippen LogP contribution >= 0.6 is 19.8 Å². The summed E-state index contributed by atoms with van der Waals surface area (Å²) in [5.74, 6) is -0.511. The number of carbonyl (C=O) groups excluding carboxylic acids is 2. The molecule has 0 saturated carbocycles. The molecule has 0 saturated heterocycles. The van der Waals surface area contributed by atoms with Crippen molar-refractivity contribution in [1.29, 1.82) is 0 Å². The fraction of sp³-hybridized carbons (Fsp3) is 0.769. The van der Waals surface area contributed by atoms with E-state index in [1.54, 1.807) is 41.5 Å². The Balaban J connectivity index is 0. The van der Waals surface area contributed by atoms with Gasteiger partial charge in [-0.1, -0.05) is 0 Å². The summed E-state index contributed by atoms with van der Waals surface area (Å²) in [5.41, 5.74) is -1.20. The standard InChI is InChI=1S/C13H24NO4.HI.Zn/c1-8-9(10(15)17-12(2,3)4)14-11(16)18-13(5,6)7;;/h9H,1,8H2,2-7H3,(H,14,16);1H;/q-1;;+2/p-1/t9-;;/m0../s1. The van der Waals surface area contributed by atoms with Gasteiger partial charge in [0, 0.05) is 0 Å². The van der Waals surface area contributed by atoms with Gasteiger partial charge in [-0.3, -0.25) is 0 Å². The van der Waals surface area contributed by atoms with Crippen molar-refractivity contribution in [2.45, 2.75) is 65.2 Å². The van der Waals surface area contributed by atoms with Gasteiger partial charge in [0.2, 0.25) is 0 Å². The number of halogens is 1. The van der Waals surface area contributed by atoms with Crippen LogP contribution in [0.2, 0.25) is 0 Å². The second-order valence-electron chi connectivity index (χ2n) is 6.02. The molecule has 0 rings (SSSR count). The monoisotopic (exact) mass is 449 g/mol. The van der Waals surface area contributed by atoms with Crippen LogP contribution in [0, 0.1) is 6.92 Å². The molecule has 0 radical (unpaired) electrons. The van der Waals surface area contributed by atoms with Gasteiger partial charge in [-0.2, -0.15) is 6.42 Å². The second kappa shape index (κ2) is 9.93. The van der Waals surface area contributed by atoms with Crippen LogP contribution in [-0.2, 0) is 29.1 Å². The third-order valence-corrected chi connectivity index (χ3v) is 1.67. The van der Waals surface area contributed by atoms with Crippen LogP contribution in [0.3, 0.4) is 0 Å². The molecule has 0 bridgehead atoms. The predicted molar refractivity (Wildman–Crippen MR) is 83.0 cm³/mol. The van der Waals surface area contributed by atoms with Gasteiger partial charge < -0.3 is 21.7 Å². The molecular formula is C13H24INO4Zn. The molecule has 0 aliphatic heterocycles. The summed E-state index contributed by atoms with van der Waals surface area (Å²) >= 11 is 3.62. The Bertz CT molecular complexity index is 310. The van der Waals surface area contributed by atoms with Crippen LogP contribution in [0.4, 0.5) is 4.79 Å². The van der Waals surface area contributed by atoms with Crippen molar-refractivity contribution in [2.75, 3.05) is 0 Å². The fourth-order valence-corrected chi connectivity index (χ4v) is 1.07. The molecule has 20 heavy (non-hydrogen) atoms. The minimum atomic E-state index is -0.793. The van der Waals surface area contributed by atoms with Crippen LogP contribution in [0.1, 0.15) is 48.0 Å². The van der Waals surface area contributed by atoms with E-state index in [0.29, 0.717) is 0 Å². The van der Waals surface area contributed by atoms with Gasteiger partial charge in [-0.25, -0.2) is 9.59 Å². The summed E-state index contributed by atoms with van der Waals surface area (Å²) in [7, 11) is 0. The van der Waals surface area contributed by atoms with Gasteiger partial charge in [0.05, 0.1) is 0 Å². The second-order valence-corrected chi connectivity index (χ2v) is 6.02. The van der Waals surface area contributed by atoms with E-state index < -0.39 is 29.3 Å². The molecule has 0 aliphatic carbocycles. The Hall–Kier alpha value is 0.0934. The summed E-state index contributed by atoms with van der Waals surface area (Å²) in [6.07, 6.45) is -0.448. The SMILES string of the molecule is [CH2-]C[C@H](NC(=O)OC(C)(C)C)C(=O)OC(C)(C)C.[Zn+][I]. The first-order chi connectivity index (χ1) is 8.94. The zero-order valence-corrected chi connectivity index (χ0v) is 18.3. The number of alkyl carbamates (subject to hydrolysis) is 1. The molecule has 0 heterocycles. The third-order valence-electron chi connectivity index (χ3n) is 1.67. The van der Waals surface area contributed by atoms with Crippen molar-refractivity contribution in [3.05, 3.63) is 6.92 Å². The number of carbonyl (C=O) groups is 2. The van der Waals surface area contributed by atoms with Gasteiger partial charge in [0.25, 0.3) is 0 Å². The normalized spacial score (nSPS) is 12.7. The van der Waals surface area contributed by atoms with E-state index in [0.717, 1.165) is 0 Å². The van der Waals surface area contributed by atoms with Crippen LogP contribution in [0.15, 0.2) is 0 Å².